The number of nitrogens with one attached hydrogen (secondary N) is 2. The molecule has 7 heteroatoms. The summed E-state index contributed by atoms with van der Waals surface area (Å²) in [6.07, 6.45) is 0.364. The summed E-state index contributed by atoms with van der Waals surface area (Å²) in [7, 11) is 0. The minimum Gasteiger partial charge on any atom is -0.459 e. The molecule has 0 bridgehead atoms. The first-order valence-corrected chi connectivity index (χ1v) is 11.0. The van der Waals surface area contributed by atoms with Crippen LogP contribution in [0.15, 0.2) is 88.7 Å². The van der Waals surface area contributed by atoms with Crippen molar-refractivity contribution >= 4 is 23.2 Å². The summed E-state index contributed by atoms with van der Waals surface area (Å²) in [6, 6.07) is 21.8. The molecule has 0 radical (unpaired) electrons. The second-order valence-electron chi connectivity index (χ2n) is 7.18. The third-order valence-electron chi connectivity index (χ3n) is 4.88. The monoisotopic (exact) mass is 448 g/mol. The third-order valence-corrected chi connectivity index (χ3v) is 5.75. The van der Waals surface area contributed by atoms with Crippen molar-refractivity contribution in [2.24, 2.45) is 0 Å². The summed E-state index contributed by atoms with van der Waals surface area (Å²) >= 11 is 1.32. The van der Waals surface area contributed by atoms with Crippen molar-refractivity contribution in [3.63, 3.8) is 0 Å². The Morgan fingerprint density at radius 1 is 0.938 bits per heavy atom. The van der Waals surface area contributed by atoms with Crippen molar-refractivity contribution in [3.05, 3.63) is 106 Å². The number of amides is 2. The summed E-state index contributed by atoms with van der Waals surface area (Å²) in [5.41, 5.74) is 1.69. The van der Waals surface area contributed by atoms with Gasteiger partial charge in [0.15, 0.2) is 0 Å². The second-order valence-corrected chi connectivity index (χ2v) is 8.13. The highest BCUT2D eigenvalue weighted by molar-refractivity contribution is 7.12. The summed E-state index contributed by atoms with van der Waals surface area (Å²) in [4.78, 5) is 26.0. The largest absolute Gasteiger partial charge is 0.459 e. The van der Waals surface area contributed by atoms with Gasteiger partial charge in [0, 0.05) is 12.0 Å². The van der Waals surface area contributed by atoms with E-state index in [1.807, 2.05) is 35.7 Å². The summed E-state index contributed by atoms with van der Waals surface area (Å²) < 4.78 is 18.9. The highest BCUT2D eigenvalue weighted by Gasteiger charge is 2.22. The molecular weight excluding hydrogens is 427 g/mol. The molecule has 0 aliphatic heterocycles. The Bertz CT molecular complexity index is 1170. The maximum atomic E-state index is 13.1. The fraction of sp³-hybridized carbons (Fsp3) is 0.120. The fourth-order valence-corrected chi connectivity index (χ4v) is 3.86. The highest BCUT2D eigenvalue weighted by atomic mass is 32.1. The quantitative estimate of drug-likeness (QED) is 0.407. The average Bonchev–Trinajstić information content (AvgIpc) is 3.51. The minimum atomic E-state index is -0.737. The normalized spacial score (nSPS) is 11.7. The van der Waals surface area contributed by atoms with Crippen LogP contribution in [0.5, 0.6) is 0 Å². The Hall–Kier alpha value is -3.71. The Morgan fingerprint density at radius 2 is 1.72 bits per heavy atom. The van der Waals surface area contributed by atoms with Gasteiger partial charge in [-0.3, -0.25) is 9.59 Å². The van der Waals surface area contributed by atoms with E-state index in [0.29, 0.717) is 22.8 Å². The number of benzene rings is 2. The van der Waals surface area contributed by atoms with E-state index in [2.05, 4.69) is 10.6 Å². The molecule has 5 nitrogen and oxygen atoms in total. The van der Waals surface area contributed by atoms with Crippen LogP contribution < -0.4 is 10.6 Å². The topological polar surface area (TPSA) is 71.3 Å². The summed E-state index contributed by atoms with van der Waals surface area (Å²) in [5.74, 6) is 0.231. The maximum Gasteiger partial charge on any atom is 0.262 e. The predicted octanol–water partition coefficient (Wildman–Crippen LogP) is 4.80. The molecule has 0 fully saturated rings. The molecule has 4 aromatic rings. The van der Waals surface area contributed by atoms with Gasteiger partial charge in [-0.05, 0) is 53.4 Å². The first kappa shape index (κ1) is 21.5. The van der Waals surface area contributed by atoms with Crippen molar-refractivity contribution in [3.8, 4) is 11.3 Å². The molecule has 0 saturated carbocycles. The van der Waals surface area contributed by atoms with Gasteiger partial charge >= 0.3 is 0 Å². The molecule has 32 heavy (non-hydrogen) atoms. The molecule has 2 aromatic heterocycles. The Balaban J connectivity index is 1.42. The zero-order chi connectivity index (χ0) is 22.3. The van der Waals surface area contributed by atoms with Gasteiger partial charge in [-0.15, -0.1) is 11.3 Å². The number of carbonyl (C=O) groups excluding carboxylic acids is 2. The van der Waals surface area contributed by atoms with Crippen molar-refractivity contribution in [1.29, 1.82) is 0 Å². The van der Waals surface area contributed by atoms with E-state index in [-0.39, 0.29) is 24.2 Å². The van der Waals surface area contributed by atoms with Crippen LogP contribution >= 0.6 is 11.3 Å². The Labute approximate surface area is 188 Å². The molecule has 0 aliphatic rings. The lowest BCUT2D eigenvalue weighted by molar-refractivity contribution is -0.123. The van der Waals surface area contributed by atoms with E-state index < -0.39 is 6.04 Å². The van der Waals surface area contributed by atoms with Crippen LogP contribution in [0.2, 0.25) is 0 Å². The third kappa shape index (κ3) is 5.50. The zero-order valence-corrected chi connectivity index (χ0v) is 17.9. The first-order valence-electron chi connectivity index (χ1n) is 10.1. The summed E-state index contributed by atoms with van der Waals surface area (Å²) in [5, 5.41) is 7.49. The van der Waals surface area contributed by atoms with Gasteiger partial charge in [-0.2, -0.15) is 0 Å². The number of furan rings is 1. The van der Waals surface area contributed by atoms with E-state index in [1.165, 1.54) is 23.5 Å². The maximum absolute atomic E-state index is 13.1. The van der Waals surface area contributed by atoms with Gasteiger partial charge in [0.25, 0.3) is 5.91 Å². The van der Waals surface area contributed by atoms with Gasteiger partial charge in [0.2, 0.25) is 5.91 Å². The van der Waals surface area contributed by atoms with Gasteiger partial charge in [0.1, 0.15) is 23.4 Å². The SMILES string of the molecule is O=C(NC(Cc1ccccc1)C(=O)NCc1ccc(-c2ccc(F)cc2)o1)c1cccs1. The Morgan fingerprint density at radius 3 is 2.44 bits per heavy atom. The number of hydrogen-bond acceptors (Lipinski definition) is 4. The molecule has 1 unspecified atom stereocenters. The van der Waals surface area contributed by atoms with Crippen LogP contribution in [0.25, 0.3) is 11.3 Å². The lowest BCUT2D eigenvalue weighted by atomic mass is 10.1. The van der Waals surface area contributed by atoms with Crippen LogP contribution in [0.3, 0.4) is 0 Å². The van der Waals surface area contributed by atoms with E-state index in [1.54, 1.807) is 36.4 Å². The van der Waals surface area contributed by atoms with E-state index >= 15 is 0 Å². The molecule has 1 atom stereocenters. The van der Waals surface area contributed by atoms with Crippen molar-refractivity contribution in [1.82, 2.24) is 10.6 Å². The van der Waals surface area contributed by atoms with Crippen LogP contribution in [0.1, 0.15) is 21.0 Å². The predicted molar refractivity (Wildman–Crippen MR) is 122 cm³/mol. The molecule has 2 amide bonds. The smallest absolute Gasteiger partial charge is 0.262 e. The highest BCUT2D eigenvalue weighted by Crippen LogP contribution is 2.22. The number of thiophene rings is 1. The zero-order valence-electron chi connectivity index (χ0n) is 17.1. The van der Waals surface area contributed by atoms with Crippen LogP contribution in [-0.2, 0) is 17.8 Å². The molecule has 162 valence electrons. The van der Waals surface area contributed by atoms with E-state index in [4.69, 9.17) is 4.42 Å². The molecule has 2 N–H and O–H groups in total. The average molecular weight is 449 g/mol. The van der Waals surface area contributed by atoms with E-state index in [0.717, 1.165) is 11.1 Å². The van der Waals surface area contributed by atoms with Gasteiger partial charge in [-0.1, -0.05) is 36.4 Å². The Kier molecular flexibility index (Phi) is 6.77. The number of rotatable bonds is 8. The summed E-state index contributed by atoms with van der Waals surface area (Å²) in [6.45, 7) is 0.167. The molecule has 2 heterocycles. The lowest BCUT2D eigenvalue weighted by Gasteiger charge is -2.18. The fourth-order valence-electron chi connectivity index (χ4n) is 3.24. The van der Waals surface area contributed by atoms with Crippen molar-refractivity contribution in [2.45, 2.75) is 19.0 Å². The molecule has 0 aliphatic carbocycles. The van der Waals surface area contributed by atoms with Gasteiger partial charge in [-0.25, -0.2) is 4.39 Å². The number of carbonyl (C=O) groups is 2. The van der Waals surface area contributed by atoms with Crippen LogP contribution in [-0.4, -0.2) is 17.9 Å². The molecule has 2 aromatic carbocycles. The standard InChI is InChI=1S/C25H21FN2O3S/c26-19-10-8-18(9-11-19)22-13-12-20(31-22)16-27-24(29)21(15-17-5-2-1-3-6-17)28-25(30)23-7-4-14-32-23/h1-14,21H,15-16H2,(H,27,29)(H,28,30). The van der Waals surface area contributed by atoms with Gasteiger partial charge < -0.3 is 15.1 Å². The minimum absolute atomic E-state index is 0.167. The molecule has 4 rings (SSSR count). The molecule has 0 saturated heterocycles. The first-order chi connectivity index (χ1) is 15.6. The van der Waals surface area contributed by atoms with Crippen LogP contribution in [0, 0.1) is 5.82 Å². The lowest BCUT2D eigenvalue weighted by Crippen LogP contribution is -2.47. The van der Waals surface area contributed by atoms with Gasteiger partial charge in [0.05, 0.1) is 11.4 Å². The number of halogens is 1. The van der Waals surface area contributed by atoms with Crippen molar-refractivity contribution in [2.75, 3.05) is 0 Å². The van der Waals surface area contributed by atoms with E-state index in [9.17, 15) is 14.0 Å². The van der Waals surface area contributed by atoms with Crippen LogP contribution in [0.4, 0.5) is 4.39 Å². The number of hydrogen-bond donors (Lipinski definition) is 2. The van der Waals surface area contributed by atoms with Crippen molar-refractivity contribution < 1.29 is 18.4 Å². The molecular formula is C25H21FN2O3S. The second kappa shape index (κ2) is 10.1. The molecule has 0 spiro atoms.